The molecule has 2 amide bonds. The first-order valence-electron chi connectivity index (χ1n) is 7.58. The molecule has 1 unspecified atom stereocenters. The van der Waals surface area contributed by atoms with Crippen LogP contribution in [0.3, 0.4) is 0 Å². The summed E-state index contributed by atoms with van der Waals surface area (Å²) in [7, 11) is 1.46. The lowest BCUT2D eigenvalue weighted by molar-refractivity contribution is 0.249. The fourth-order valence-corrected chi connectivity index (χ4v) is 2.48. The largest absolute Gasteiger partial charge is 0.479 e. The lowest BCUT2D eigenvalue weighted by Gasteiger charge is -2.14. The minimum atomic E-state index is -0.418. The molecular formula is C17H16N6O2. The van der Waals surface area contributed by atoms with Crippen LogP contribution in [0.5, 0.6) is 5.88 Å². The summed E-state index contributed by atoms with van der Waals surface area (Å²) in [5.41, 5.74) is 1.65. The lowest BCUT2D eigenvalue weighted by Crippen LogP contribution is -2.31. The van der Waals surface area contributed by atoms with Gasteiger partial charge in [0.05, 0.1) is 24.1 Å². The average molecular weight is 336 g/mol. The zero-order chi connectivity index (χ0) is 17.8. The molecule has 2 heterocycles. The van der Waals surface area contributed by atoms with Gasteiger partial charge in [0.1, 0.15) is 11.9 Å². The summed E-state index contributed by atoms with van der Waals surface area (Å²) in [4.78, 5) is 16.3. The third-order valence-electron chi connectivity index (χ3n) is 3.70. The molecule has 0 spiro atoms. The molecule has 3 aromatic rings. The van der Waals surface area contributed by atoms with Gasteiger partial charge < -0.3 is 10.1 Å². The van der Waals surface area contributed by atoms with Crippen LogP contribution in [-0.2, 0) is 0 Å². The number of rotatable bonds is 4. The number of fused-ring (bicyclic) bond motifs is 1. The lowest BCUT2D eigenvalue weighted by atomic mass is 10.1. The van der Waals surface area contributed by atoms with E-state index in [0.717, 1.165) is 5.56 Å². The maximum absolute atomic E-state index is 12.2. The number of hydrogen-bond acceptors (Lipinski definition) is 5. The summed E-state index contributed by atoms with van der Waals surface area (Å²) in [6, 6.07) is 12.6. The number of nitrogens with one attached hydrogen (secondary N) is 3. The van der Waals surface area contributed by atoms with Crippen LogP contribution in [0.2, 0.25) is 0 Å². The second-order valence-corrected chi connectivity index (χ2v) is 5.35. The van der Waals surface area contributed by atoms with Crippen molar-refractivity contribution in [1.29, 1.82) is 5.26 Å². The van der Waals surface area contributed by atoms with E-state index < -0.39 is 6.03 Å². The Hall–Kier alpha value is -3.60. The number of H-pyrrole nitrogens is 1. The highest BCUT2D eigenvalue weighted by Crippen LogP contribution is 2.26. The smallest absolute Gasteiger partial charge is 0.320 e. The summed E-state index contributed by atoms with van der Waals surface area (Å²) in [5.74, 6) is 0.529. The number of carbonyl (C=O) groups is 1. The van der Waals surface area contributed by atoms with E-state index in [1.807, 2.05) is 43.3 Å². The zero-order valence-corrected chi connectivity index (χ0v) is 13.7. The Morgan fingerprint density at radius 1 is 1.36 bits per heavy atom. The molecule has 0 saturated carbocycles. The summed E-state index contributed by atoms with van der Waals surface area (Å²) in [6.07, 6.45) is 0. The number of anilines is 1. The molecule has 2 aromatic heterocycles. The Bertz CT molecular complexity index is 945. The van der Waals surface area contributed by atoms with Crippen molar-refractivity contribution in [2.45, 2.75) is 13.0 Å². The van der Waals surface area contributed by atoms with Gasteiger partial charge in [-0.3, -0.25) is 10.4 Å². The van der Waals surface area contributed by atoms with Gasteiger partial charge in [-0.2, -0.15) is 5.26 Å². The van der Waals surface area contributed by atoms with Crippen LogP contribution in [-0.4, -0.2) is 28.3 Å². The standard InChI is InChI=1S/C17H16N6O2/c1-10(11-6-4-3-5-7-11)19-17(24)21-14-8-12-15(13(9-18)20-14)16(25-2)23-22-12/h3-8,10H,1-2H3,(H,22,23)(H2,19,20,21,24). The second kappa shape index (κ2) is 6.88. The maximum Gasteiger partial charge on any atom is 0.320 e. The van der Waals surface area contributed by atoms with E-state index in [2.05, 4.69) is 25.8 Å². The molecule has 0 fully saturated rings. The Kier molecular flexibility index (Phi) is 4.48. The molecule has 126 valence electrons. The van der Waals surface area contributed by atoms with Crippen LogP contribution >= 0.6 is 0 Å². The number of nitriles is 1. The van der Waals surface area contributed by atoms with Crippen LogP contribution < -0.4 is 15.4 Å². The molecule has 0 aliphatic carbocycles. The van der Waals surface area contributed by atoms with Gasteiger partial charge in [0.25, 0.3) is 0 Å². The van der Waals surface area contributed by atoms with Crippen molar-refractivity contribution in [2.75, 3.05) is 12.4 Å². The van der Waals surface area contributed by atoms with E-state index in [-0.39, 0.29) is 23.4 Å². The molecule has 0 radical (unpaired) electrons. The van der Waals surface area contributed by atoms with Gasteiger partial charge in [-0.05, 0) is 12.5 Å². The number of nitrogens with zero attached hydrogens (tertiary/aromatic N) is 3. The van der Waals surface area contributed by atoms with Gasteiger partial charge >= 0.3 is 6.03 Å². The number of carbonyl (C=O) groups excluding carboxylic acids is 1. The Morgan fingerprint density at radius 3 is 2.80 bits per heavy atom. The maximum atomic E-state index is 12.2. The van der Waals surface area contributed by atoms with Crippen molar-refractivity contribution >= 4 is 22.8 Å². The van der Waals surface area contributed by atoms with Crippen LogP contribution in [0.4, 0.5) is 10.6 Å². The van der Waals surface area contributed by atoms with Crippen LogP contribution in [0.1, 0.15) is 24.2 Å². The molecule has 8 nitrogen and oxygen atoms in total. The Morgan fingerprint density at radius 2 is 2.12 bits per heavy atom. The van der Waals surface area contributed by atoms with E-state index in [4.69, 9.17) is 4.74 Å². The van der Waals surface area contributed by atoms with Crippen molar-refractivity contribution < 1.29 is 9.53 Å². The number of urea groups is 1. The van der Waals surface area contributed by atoms with Gasteiger partial charge in [0.2, 0.25) is 5.88 Å². The van der Waals surface area contributed by atoms with Gasteiger partial charge in [0.15, 0.2) is 5.69 Å². The highest BCUT2D eigenvalue weighted by molar-refractivity contribution is 5.94. The van der Waals surface area contributed by atoms with Gasteiger partial charge in [-0.25, -0.2) is 9.78 Å². The summed E-state index contributed by atoms with van der Waals surface area (Å²) < 4.78 is 5.10. The van der Waals surface area contributed by atoms with Crippen molar-refractivity contribution in [3.63, 3.8) is 0 Å². The normalized spacial score (nSPS) is 11.6. The first kappa shape index (κ1) is 16.3. The molecule has 1 atom stereocenters. The summed E-state index contributed by atoms with van der Waals surface area (Å²) in [5, 5.41) is 21.9. The second-order valence-electron chi connectivity index (χ2n) is 5.35. The first-order chi connectivity index (χ1) is 12.1. The van der Waals surface area contributed by atoms with Crippen molar-refractivity contribution in [3.8, 4) is 11.9 Å². The fraction of sp³-hybridized carbons (Fsp3) is 0.176. The van der Waals surface area contributed by atoms with Crippen molar-refractivity contribution in [1.82, 2.24) is 20.5 Å². The number of benzene rings is 1. The number of aromatic nitrogens is 3. The summed E-state index contributed by atoms with van der Waals surface area (Å²) >= 11 is 0. The quantitative estimate of drug-likeness (QED) is 0.677. The number of amides is 2. The highest BCUT2D eigenvalue weighted by Gasteiger charge is 2.16. The van der Waals surface area contributed by atoms with Gasteiger partial charge in [-0.15, -0.1) is 5.10 Å². The Labute approximate surface area is 143 Å². The molecule has 0 saturated heterocycles. The molecule has 1 aromatic carbocycles. The monoisotopic (exact) mass is 336 g/mol. The number of hydrogen-bond donors (Lipinski definition) is 3. The van der Waals surface area contributed by atoms with Crippen LogP contribution in [0, 0.1) is 11.3 Å². The van der Waals surface area contributed by atoms with E-state index in [1.165, 1.54) is 7.11 Å². The molecule has 3 N–H and O–H groups in total. The van der Waals surface area contributed by atoms with E-state index >= 15 is 0 Å². The summed E-state index contributed by atoms with van der Waals surface area (Å²) in [6.45, 7) is 1.88. The first-order valence-corrected chi connectivity index (χ1v) is 7.58. The molecular weight excluding hydrogens is 320 g/mol. The minimum Gasteiger partial charge on any atom is -0.479 e. The zero-order valence-electron chi connectivity index (χ0n) is 13.7. The van der Waals surface area contributed by atoms with Gasteiger partial charge in [0, 0.05) is 6.07 Å². The predicted molar refractivity (Wildman–Crippen MR) is 92.2 cm³/mol. The third kappa shape index (κ3) is 3.35. The minimum absolute atomic E-state index is 0.120. The SMILES string of the molecule is COc1n[nH]c2cc(NC(=O)NC(C)c3ccccc3)nc(C#N)c12. The molecule has 8 heteroatoms. The predicted octanol–water partition coefficient (Wildman–Crippen LogP) is 2.72. The van der Waals surface area contributed by atoms with E-state index in [0.29, 0.717) is 10.9 Å². The van der Waals surface area contributed by atoms with Crippen molar-refractivity contribution in [2.24, 2.45) is 0 Å². The topological polar surface area (TPSA) is 116 Å². The number of ether oxygens (including phenoxy) is 1. The van der Waals surface area contributed by atoms with E-state index in [1.54, 1.807) is 6.07 Å². The number of aromatic amines is 1. The molecule has 0 aliphatic rings. The average Bonchev–Trinajstić information content (AvgIpc) is 3.04. The highest BCUT2D eigenvalue weighted by atomic mass is 16.5. The number of methoxy groups -OCH3 is 1. The van der Waals surface area contributed by atoms with Crippen LogP contribution in [0.25, 0.3) is 10.9 Å². The molecule has 3 rings (SSSR count). The third-order valence-corrected chi connectivity index (χ3v) is 3.70. The van der Waals surface area contributed by atoms with E-state index in [9.17, 15) is 10.1 Å². The van der Waals surface area contributed by atoms with Gasteiger partial charge in [-0.1, -0.05) is 30.3 Å². The van der Waals surface area contributed by atoms with Crippen molar-refractivity contribution in [3.05, 3.63) is 47.7 Å². The molecule has 0 bridgehead atoms. The number of pyridine rings is 1. The fourth-order valence-electron chi connectivity index (χ4n) is 2.48. The van der Waals surface area contributed by atoms with Crippen LogP contribution in [0.15, 0.2) is 36.4 Å². The molecule has 25 heavy (non-hydrogen) atoms. The Balaban J connectivity index is 1.79. The molecule has 0 aliphatic heterocycles.